The van der Waals surface area contributed by atoms with E-state index < -0.39 is 0 Å². The molecule has 1 unspecified atom stereocenters. The first-order chi connectivity index (χ1) is 8.09. The monoisotopic (exact) mass is 231 g/mol. The molecular weight excluding hydrogens is 210 g/mol. The van der Waals surface area contributed by atoms with Crippen LogP contribution in [0.3, 0.4) is 0 Å². The van der Waals surface area contributed by atoms with Crippen molar-refractivity contribution in [3.8, 4) is 0 Å². The quantitative estimate of drug-likeness (QED) is 0.780. The Balaban J connectivity index is 1.98. The molecule has 0 N–H and O–H groups in total. The maximum absolute atomic E-state index is 12.2. The standard InChI is InChI=1S/C15H21NO/c1-11-6-4-5-7-14(11)10-15(17)16(3)12(2)13-8-9-13/h4-7,12-13H,8-10H2,1-3H3. The van der Waals surface area contributed by atoms with Crippen LogP contribution in [0, 0.1) is 12.8 Å². The molecule has 1 aromatic rings. The second-order valence-electron chi connectivity index (χ2n) is 5.19. The van der Waals surface area contributed by atoms with Crippen molar-refractivity contribution >= 4 is 5.91 Å². The number of carbonyl (C=O) groups is 1. The van der Waals surface area contributed by atoms with Crippen molar-refractivity contribution in [1.29, 1.82) is 0 Å². The maximum atomic E-state index is 12.2. The highest BCUT2D eigenvalue weighted by Crippen LogP contribution is 2.34. The average Bonchev–Trinajstić information content (AvgIpc) is 3.14. The van der Waals surface area contributed by atoms with Gasteiger partial charge in [0.1, 0.15) is 0 Å². The van der Waals surface area contributed by atoms with Crippen molar-refractivity contribution in [2.75, 3.05) is 7.05 Å². The summed E-state index contributed by atoms with van der Waals surface area (Å²) in [5.41, 5.74) is 2.35. The summed E-state index contributed by atoms with van der Waals surface area (Å²) in [4.78, 5) is 14.1. The van der Waals surface area contributed by atoms with Crippen molar-refractivity contribution in [2.45, 2.75) is 39.2 Å². The number of nitrogens with zero attached hydrogens (tertiary/aromatic N) is 1. The summed E-state index contributed by atoms with van der Waals surface area (Å²) < 4.78 is 0. The summed E-state index contributed by atoms with van der Waals surface area (Å²) in [5.74, 6) is 0.972. The molecule has 0 aliphatic heterocycles. The van der Waals surface area contributed by atoms with E-state index >= 15 is 0 Å². The number of amides is 1. The van der Waals surface area contributed by atoms with Crippen molar-refractivity contribution in [3.63, 3.8) is 0 Å². The minimum atomic E-state index is 0.235. The molecule has 0 aromatic heterocycles. The highest BCUT2D eigenvalue weighted by Gasteiger charge is 2.32. The summed E-state index contributed by atoms with van der Waals surface area (Å²) >= 11 is 0. The zero-order chi connectivity index (χ0) is 12.4. The van der Waals surface area contributed by atoms with Gasteiger partial charge in [-0.1, -0.05) is 24.3 Å². The van der Waals surface area contributed by atoms with Crippen molar-refractivity contribution in [2.24, 2.45) is 5.92 Å². The van der Waals surface area contributed by atoms with Gasteiger partial charge in [0.2, 0.25) is 5.91 Å². The lowest BCUT2D eigenvalue weighted by atomic mass is 10.0. The van der Waals surface area contributed by atoms with Crippen molar-refractivity contribution in [3.05, 3.63) is 35.4 Å². The molecule has 92 valence electrons. The maximum Gasteiger partial charge on any atom is 0.226 e. The van der Waals surface area contributed by atoms with Crippen LogP contribution in [0.2, 0.25) is 0 Å². The van der Waals surface area contributed by atoms with Crippen LogP contribution in [-0.4, -0.2) is 23.9 Å². The molecule has 0 bridgehead atoms. The number of benzene rings is 1. The summed E-state index contributed by atoms with van der Waals surface area (Å²) in [6.45, 7) is 4.22. The first-order valence-electron chi connectivity index (χ1n) is 6.39. The Bertz CT molecular complexity index is 409. The number of likely N-dealkylation sites (N-methyl/N-ethyl adjacent to an activating group) is 1. The van der Waals surface area contributed by atoms with Gasteiger partial charge >= 0.3 is 0 Å². The molecule has 2 rings (SSSR count). The fourth-order valence-electron chi connectivity index (χ4n) is 2.22. The van der Waals surface area contributed by atoms with Gasteiger partial charge in [0.15, 0.2) is 0 Å². The fourth-order valence-corrected chi connectivity index (χ4v) is 2.22. The number of aryl methyl sites for hydroxylation is 1. The zero-order valence-electron chi connectivity index (χ0n) is 10.9. The van der Waals surface area contributed by atoms with E-state index in [1.54, 1.807) is 0 Å². The first kappa shape index (κ1) is 12.2. The minimum absolute atomic E-state index is 0.235. The molecule has 1 atom stereocenters. The molecule has 0 saturated heterocycles. The van der Waals surface area contributed by atoms with E-state index in [2.05, 4.69) is 19.9 Å². The van der Waals surface area contributed by atoms with Gasteiger partial charge in [-0.15, -0.1) is 0 Å². The van der Waals surface area contributed by atoms with Gasteiger partial charge in [0, 0.05) is 13.1 Å². The summed E-state index contributed by atoms with van der Waals surface area (Å²) in [7, 11) is 1.93. The summed E-state index contributed by atoms with van der Waals surface area (Å²) in [6, 6.07) is 8.52. The van der Waals surface area contributed by atoms with E-state index in [0.29, 0.717) is 12.5 Å². The highest BCUT2D eigenvalue weighted by molar-refractivity contribution is 5.79. The normalized spacial score (nSPS) is 16.6. The van der Waals surface area contributed by atoms with Crippen LogP contribution in [-0.2, 0) is 11.2 Å². The molecule has 2 nitrogen and oxygen atoms in total. The van der Waals surface area contributed by atoms with Crippen molar-refractivity contribution < 1.29 is 4.79 Å². The third-order valence-electron chi connectivity index (χ3n) is 3.91. The Labute approximate surface area is 104 Å². The number of hydrogen-bond acceptors (Lipinski definition) is 1. The fraction of sp³-hybridized carbons (Fsp3) is 0.533. The van der Waals surface area contributed by atoms with Crippen LogP contribution in [0.15, 0.2) is 24.3 Å². The molecule has 1 aliphatic rings. The van der Waals surface area contributed by atoms with Crippen LogP contribution < -0.4 is 0 Å². The van der Waals surface area contributed by atoms with Gasteiger partial charge in [0.25, 0.3) is 0 Å². The minimum Gasteiger partial charge on any atom is -0.342 e. The van der Waals surface area contributed by atoms with Gasteiger partial charge in [0.05, 0.1) is 6.42 Å². The molecule has 0 radical (unpaired) electrons. The Hall–Kier alpha value is -1.31. The topological polar surface area (TPSA) is 20.3 Å². The van der Waals surface area contributed by atoms with Crippen LogP contribution in [0.5, 0.6) is 0 Å². The molecule has 2 heteroatoms. The smallest absolute Gasteiger partial charge is 0.226 e. The number of hydrogen-bond donors (Lipinski definition) is 0. The lowest BCUT2D eigenvalue weighted by molar-refractivity contribution is -0.131. The Morgan fingerprint density at radius 3 is 2.65 bits per heavy atom. The largest absolute Gasteiger partial charge is 0.342 e. The van der Waals surface area contributed by atoms with Crippen molar-refractivity contribution in [1.82, 2.24) is 4.90 Å². The van der Waals surface area contributed by atoms with Crippen LogP contribution in [0.25, 0.3) is 0 Å². The van der Waals surface area contributed by atoms with Gasteiger partial charge in [-0.3, -0.25) is 4.79 Å². The average molecular weight is 231 g/mol. The lowest BCUT2D eigenvalue weighted by Crippen LogP contribution is -2.37. The highest BCUT2D eigenvalue weighted by atomic mass is 16.2. The molecule has 1 saturated carbocycles. The van der Waals surface area contributed by atoms with E-state index in [0.717, 1.165) is 11.5 Å². The third-order valence-corrected chi connectivity index (χ3v) is 3.91. The zero-order valence-corrected chi connectivity index (χ0v) is 10.9. The predicted octanol–water partition coefficient (Wildman–Crippen LogP) is 2.79. The van der Waals surface area contributed by atoms with Gasteiger partial charge < -0.3 is 4.90 Å². The Kier molecular flexibility index (Phi) is 3.51. The van der Waals surface area contributed by atoms with E-state index in [-0.39, 0.29) is 5.91 Å². The Morgan fingerprint density at radius 2 is 2.06 bits per heavy atom. The molecule has 1 fully saturated rings. The second-order valence-corrected chi connectivity index (χ2v) is 5.19. The molecule has 0 heterocycles. The van der Waals surface area contributed by atoms with E-state index in [9.17, 15) is 4.79 Å². The van der Waals surface area contributed by atoms with Gasteiger partial charge in [-0.25, -0.2) is 0 Å². The predicted molar refractivity (Wildman–Crippen MR) is 69.8 cm³/mol. The van der Waals surface area contributed by atoms with E-state index in [4.69, 9.17) is 0 Å². The molecule has 0 spiro atoms. The number of rotatable bonds is 4. The molecule has 1 aromatic carbocycles. The molecule has 1 amide bonds. The third kappa shape index (κ3) is 2.87. The van der Waals surface area contributed by atoms with E-state index in [1.165, 1.54) is 18.4 Å². The van der Waals surface area contributed by atoms with Crippen LogP contribution in [0.1, 0.15) is 30.9 Å². The van der Waals surface area contributed by atoms with E-state index in [1.807, 2.05) is 30.1 Å². The van der Waals surface area contributed by atoms with Crippen LogP contribution >= 0.6 is 0 Å². The molecule has 1 aliphatic carbocycles. The first-order valence-corrected chi connectivity index (χ1v) is 6.39. The SMILES string of the molecule is Cc1ccccc1CC(=O)N(C)C(C)C1CC1. The van der Waals surface area contributed by atoms with Gasteiger partial charge in [-0.05, 0) is 43.7 Å². The molecule has 17 heavy (non-hydrogen) atoms. The number of carbonyl (C=O) groups excluding carboxylic acids is 1. The van der Waals surface area contributed by atoms with Gasteiger partial charge in [-0.2, -0.15) is 0 Å². The summed E-state index contributed by atoms with van der Waals surface area (Å²) in [6.07, 6.45) is 3.09. The Morgan fingerprint density at radius 1 is 1.41 bits per heavy atom. The molecular formula is C15H21NO. The summed E-state index contributed by atoms with van der Waals surface area (Å²) in [5, 5.41) is 0. The second kappa shape index (κ2) is 4.91. The van der Waals surface area contributed by atoms with Crippen LogP contribution in [0.4, 0.5) is 0 Å². The lowest BCUT2D eigenvalue weighted by Gasteiger charge is -2.25.